The fourth-order valence-corrected chi connectivity index (χ4v) is 2.77. The number of nitriles is 1. The fraction of sp³-hybridized carbons (Fsp3) is 0.222. The molecule has 3 amide bonds. The maximum absolute atomic E-state index is 12.1. The van der Waals surface area contributed by atoms with Gasteiger partial charge >= 0.3 is 6.03 Å². The number of anilines is 2. The topological polar surface area (TPSA) is 137 Å². The lowest BCUT2D eigenvalue weighted by Gasteiger charge is -2.27. The van der Waals surface area contributed by atoms with Gasteiger partial charge in [-0.15, -0.1) is 0 Å². The van der Waals surface area contributed by atoms with E-state index in [4.69, 9.17) is 21.6 Å². The predicted molar refractivity (Wildman–Crippen MR) is 102 cm³/mol. The van der Waals surface area contributed by atoms with Crippen LogP contribution in [0, 0.1) is 11.3 Å². The van der Waals surface area contributed by atoms with Gasteiger partial charge in [0, 0.05) is 30.9 Å². The van der Waals surface area contributed by atoms with Crippen LogP contribution in [0.25, 0.3) is 0 Å². The number of rotatable bonds is 5. The monoisotopic (exact) mass is 414 g/mol. The molecule has 0 atom stereocenters. The first-order chi connectivity index (χ1) is 14.0. The quantitative estimate of drug-likeness (QED) is 0.711. The summed E-state index contributed by atoms with van der Waals surface area (Å²) in [7, 11) is 0. The summed E-state index contributed by atoms with van der Waals surface area (Å²) >= 11 is 5.90. The van der Waals surface area contributed by atoms with Crippen molar-refractivity contribution in [2.45, 2.75) is 6.54 Å². The van der Waals surface area contributed by atoms with Gasteiger partial charge in [-0.3, -0.25) is 20.2 Å². The van der Waals surface area contributed by atoms with Crippen molar-refractivity contribution in [2.75, 3.05) is 30.4 Å². The number of hydrogen-bond donors (Lipinski definition) is 2. The first-order valence-corrected chi connectivity index (χ1v) is 8.82. The van der Waals surface area contributed by atoms with Crippen molar-refractivity contribution in [3.63, 3.8) is 0 Å². The minimum Gasteiger partial charge on any atom is -0.370 e. The van der Waals surface area contributed by atoms with E-state index in [9.17, 15) is 14.4 Å². The molecule has 0 radical (unpaired) electrons. The number of pyridine rings is 2. The van der Waals surface area contributed by atoms with Crippen LogP contribution in [0.3, 0.4) is 0 Å². The van der Waals surface area contributed by atoms with Gasteiger partial charge in [0.05, 0.1) is 17.2 Å². The Bertz CT molecular complexity index is 1010. The SMILES string of the molecule is N#Cc1cnc(NC(=O)Nc2ccc(CN3CCOCC3=O)c(C=O)n2)cc1Cl. The Morgan fingerprint density at radius 2 is 2.17 bits per heavy atom. The number of carbonyl (C=O) groups is 3. The third kappa shape index (κ3) is 5.04. The zero-order valence-electron chi connectivity index (χ0n) is 15.0. The van der Waals surface area contributed by atoms with Crippen molar-refractivity contribution in [2.24, 2.45) is 0 Å². The first-order valence-electron chi connectivity index (χ1n) is 8.44. The van der Waals surface area contributed by atoms with Crippen LogP contribution >= 0.6 is 11.6 Å². The summed E-state index contributed by atoms with van der Waals surface area (Å²) < 4.78 is 5.08. The minimum absolute atomic E-state index is 0.0110. The van der Waals surface area contributed by atoms with Gasteiger partial charge in [0.1, 0.15) is 30.0 Å². The van der Waals surface area contributed by atoms with Crippen LogP contribution in [-0.2, 0) is 16.1 Å². The average Bonchev–Trinajstić information content (AvgIpc) is 2.70. The number of nitrogens with zero attached hydrogens (tertiary/aromatic N) is 4. The summed E-state index contributed by atoms with van der Waals surface area (Å²) in [6, 6.07) is 5.69. The van der Waals surface area contributed by atoms with Gasteiger partial charge in [0.15, 0.2) is 6.29 Å². The summed E-state index contributed by atoms with van der Waals surface area (Å²) in [5.74, 6) is 0.120. The molecular weight excluding hydrogens is 400 g/mol. The first kappa shape index (κ1) is 20.2. The summed E-state index contributed by atoms with van der Waals surface area (Å²) in [5, 5.41) is 13.9. The van der Waals surface area contributed by atoms with Crippen LogP contribution in [0.2, 0.25) is 5.02 Å². The number of carbonyl (C=O) groups excluding carboxylic acids is 3. The van der Waals surface area contributed by atoms with Gasteiger partial charge in [-0.25, -0.2) is 14.8 Å². The van der Waals surface area contributed by atoms with E-state index in [1.165, 1.54) is 18.3 Å². The maximum atomic E-state index is 12.1. The number of urea groups is 1. The Labute approximate surface area is 170 Å². The Hall–Kier alpha value is -3.55. The van der Waals surface area contributed by atoms with E-state index in [-0.39, 0.29) is 47.0 Å². The lowest BCUT2D eigenvalue weighted by molar-refractivity contribution is -0.143. The van der Waals surface area contributed by atoms with Crippen molar-refractivity contribution >= 4 is 41.5 Å². The molecule has 3 rings (SSSR count). The normalized spacial score (nSPS) is 13.5. The number of hydrogen-bond acceptors (Lipinski definition) is 7. The lowest BCUT2D eigenvalue weighted by atomic mass is 10.1. The second kappa shape index (κ2) is 9.09. The third-order valence-electron chi connectivity index (χ3n) is 4.03. The van der Waals surface area contributed by atoms with Crippen LogP contribution in [0.15, 0.2) is 24.4 Å². The van der Waals surface area contributed by atoms with Crippen molar-refractivity contribution in [1.29, 1.82) is 5.26 Å². The van der Waals surface area contributed by atoms with Crippen molar-refractivity contribution in [3.05, 3.63) is 46.2 Å². The van der Waals surface area contributed by atoms with Crippen molar-refractivity contribution < 1.29 is 19.1 Å². The van der Waals surface area contributed by atoms with Crippen molar-refractivity contribution in [3.8, 4) is 6.07 Å². The lowest BCUT2D eigenvalue weighted by Crippen LogP contribution is -2.41. The molecular formula is C18H15ClN6O4. The molecule has 1 aliphatic heterocycles. The minimum atomic E-state index is -0.654. The molecule has 0 spiro atoms. The highest BCUT2D eigenvalue weighted by Crippen LogP contribution is 2.18. The molecule has 1 saturated heterocycles. The number of morpholine rings is 1. The average molecular weight is 415 g/mol. The Morgan fingerprint density at radius 1 is 1.38 bits per heavy atom. The van der Waals surface area contributed by atoms with Crippen molar-refractivity contribution in [1.82, 2.24) is 14.9 Å². The molecule has 29 heavy (non-hydrogen) atoms. The van der Waals surface area contributed by atoms with E-state index in [2.05, 4.69) is 20.6 Å². The molecule has 11 heteroatoms. The predicted octanol–water partition coefficient (Wildman–Crippen LogP) is 1.82. The number of nitrogens with one attached hydrogen (secondary N) is 2. The molecule has 2 N–H and O–H groups in total. The van der Waals surface area contributed by atoms with Gasteiger partial charge < -0.3 is 9.64 Å². The third-order valence-corrected chi connectivity index (χ3v) is 4.34. The van der Waals surface area contributed by atoms with E-state index in [0.717, 1.165) is 0 Å². The Kier molecular flexibility index (Phi) is 6.33. The number of aldehydes is 1. The summed E-state index contributed by atoms with van der Waals surface area (Å²) in [6.07, 6.45) is 1.80. The summed E-state index contributed by atoms with van der Waals surface area (Å²) in [6.45, 7) is 1.10. The summed E-state index contributed by atoms with van der Waals surface area (Å²) in [4.78, 5) is 45.0. The van der Waals surface area contributed by atoms with E-state index in [1.807, 2.05) is 6.07 Å². The molecule has 0 bridgehead atoms. The van der Waals surface area contributed by atoms with Gasteiger partial charge in [0.2, 0.25) is 5.91 Å². The van der Waals surface area contributed by atoms with Crippen LogP contribution in [0.1, 0.15) is 21.6 Å². The zero-order valence-corrected chi connectivity index (χ0v) is 15.8. The van der Waals surface area contributed by atoms with Crippen LogP contribution < -0.4 is 10.6 Å². The second-order valence-corrected chi connectivity index (χ2v) is 6.37. The van der Waals surface area contributed by atoms with Gasteiger partial charge in [-0.2, -0.15) is 5.26 Å². The van der Waals surface area contributed by atoms with E-state index < -0.39 is 6.03 Å². The van der Waals surface area contributed by atoms with Crippen LogP contribution in [-0.4, -0.2) is 52.9 Å². The number of halogens is 1. The molecule has 2 aromatic rings. The van der Waals surface area contributed by atoms with Crippen LogP contribution in [0.4, 0.5) is 16.4 Å². The molecule has 0 aliphatic carbocycles. The van der Waals surface area contributed by atoms with Gasteiger partial charge in [-0.1, -0.05) is 17.7 Å². The largest absolute Gasteiger partial charge is 0.370 e. The Balaban J connectivity index is 1.67. The highest BCUT2D eigenvalue weighted by atomic mass is 35.5. The molecule has 0 aromatic carbocycles. The standard InChI is InChI=1S/C18H15ClN6O4/c19-13-5-16(21-7-12(13)6-20)24-18(28)23-15-2-1-11(14(9-26)22-15)8-25-3-4-29-10-17(25)27/h1-2,5,7,9H,3-4,8,10H2,(H2,21,22,23,24,28). The number of amides is 3. The molecule has 148 valence electrons. The Morgan fingerprint density at radius 3 is 2.86 bits per heavy atom. The highest BCUT2D eigenvalue weighted by Gasteiger charge is 2.20. The smallest absolute Gasteiger partial charge is 0.326 e. The van der Waals surface area contributed by atoms with Gasteiger partial charge in [0.25, 0.3) is 0 Å². The molecule has 2 aromatic heterocycles. The molecule has 0 unspecified atom stereocenters. The highest BCUT2D eigenvalue weighted by molar-refractivity contribution is 6.32. The zero-order chi connectivity index (χ0) is 20.8. The fourth-order valence-electron chi connectivity index (χ4n) is 2.58. The van der Waals surface area contributed by atoms with E-state index in [0.29, 0.717) is 25.0 Å². The molecule has 1 aliphatic rings. The van der Waals surface area contributed by atoms with E-state index >= 15 is 0 Å². The number of ether oxygens (including phenoxy) is 1. The summed E-state index contributed by atoms with van der Waals surface area (Å²) in [5.41, 5.74) is 0.854. The maximum Gasteiger partial charge on any atom is 0.326 e. The van der Waals surface area contributed by atoms with Crippen LogP contribution in [0.5, 0.6) is 0 Å². The molecule has 10 nitrogen and oxygen atoms in total. The second-order valence-electron chi connectivity index (χ2n) is 5.97. The van der Waals surface area contributed by atoms with E-state index in [1.54, 1.807) is 11.0 Å². The molecule has 0 saturated carbocycles. The number of aromatic nitrogens is 2. The molecule has 3 heterocycles. The molecule has 1 fully saturated rings. The van der Waals surface area contributed by atoms with Gasteiger partial charge in [-0.05, 0) is 6.07 Å².